The molecule has 1 rings (SSSR count). The molecule has 3 heteroatoms. The van der Waals surface area contributed by atoms with Crippen molar-refractivity contribution < 1.29 is 9.90 Å². The first-order valence-corrected chi connectivity index (χ1v) is 9.46. The van der Waals surface area contributed by atoms with Crippen LogP contribution in [-0.4, -0.2) is 23.2 Å². The minimum absolute atomic E-state index is 0.0390. The van der Waals surface area contributed by atoms with Gasteiger partial charge in [-0.3, -0.25) is 4.79 Å². The van der Waals surface area contributed by atoms with E-state index in [9.17, 15) is 9.90 Å². The highest BCUT2D eigenvalue weighted by Crippen LogP contribution is 2.16. The van der Waals surface area contributed by atoms with Gasteiger partial charge in [-0.15, -0.1) is 0 Å². The predicted octanol–water partition coefficient (Wildman–Crippen LogP) is 4.41. The first-order valence-electron chi connectivity index (χ1n) is 9.46. The lowest BCUT2D eigenvalue weighted by molar-refractivity contribution is -0.121. The molecule has 1 unspecified atom stereocenters. The highest BCUT2D eigenvalue weighted by Gasteiger charge is 2.23. The second kappa shape index (κ2) is 11.2. The van der Waals surface area contributed by atoms with Crippen LogP contribution < -0.4 is 5.32 Å². The van der Waals surface area contributed by atoms with Gasteiger partial charge < -0.3 is 10.4 Å². The van der Waals surface area contributed by atoms with E-state index in [4.69, 9.17) is 0 Å². The number of unbranched alkanes of at least 4 members (excludes halogenated alkanes) is 5. The van der Waals surface area contributed by atoms with Gasteiger partial charge in [0.25, 0.3) is 0 Å². The molecule has 0 saturated carbocycles. The van der Waals surface area contributed by atoms with Crippen LogP contribution in [0.4, 0.5) is 0 Å². The van der Waals surface area contributed by atoms with Crippen molar-refractivity contribution in [2.75, 3.05) is 6.61 Å². The van der Waals surface area contributed by atoms with Gasteiger partial charge in [0.05, 0.1) is 12.1 Å². The van der Waals surface area contributed by atoms with Gasteiger partial charge in [0.2, 0.25) is 5.91 Å². The molecule has 3 nitrogen and oxygen atoms in total. The number of amides is 1. The maximum Gasteiger partial charge on any atom is 0.217 e. The minimum atomic E-state index is -0.539. The van der Waals surface area contributed by atoms with E-state index in [1.165, 1.54) is 56.6 Å². The van der Waals surface area contributed by atoms with Gasteiger partial charge in [-0.1, -0.05) is 63.3 Å². The van der Waals surface area contributed by atoms with Crippen molar-refractivity contribution in [2.24, 2.45) is 0 Å². The Morgan fingerprint density at radius 3 is 2.08 bits per heavy atom. The van der Waals surface area contributed by atoms with Gasteiger partial charge in [0.15, 0.2) is 0 Å². The number of benzene rings is 1. The largest absolute Gasteiger partial charge is 0.394 e. The van der Waals surface area contributed by atoms with Crippen LogP contribution in [0.25, 0.3) is 0 Å². The van der Waals surface area contributed by atoms with Gasteiger partial charge >= 0.3 is 0 Å². The SMILES string of the molecule is CCCCCCCCc1ccc(CCC(C)(CO)NC(C)=O)cc1. The third-order valence-electron chi connectivity index (χ3n) is 4.63. The number of nitrogens with one attached hydrogen (secondary N) is 1. The fourth-order valence-corrected chi connectivity index (χ4v) is 3.01. The quantitative estimate of drug-likeness (QED) is 0.557. The van der Waals surface area contributed by atoms with E-state index >= 15 is 0 Å². The van der Waals surface area contributed by atoms with Crippen molar-refractivity contribution in [3.8, 4) is 0 Å². The Morgan fingerprint density at radius 1 is 1.00 bits per heavy atom. The molecule has 1 atom stereocenters. The number of carbonyl (C=O) groups excluding carboxylic acids is 1. The van der Waals surface area contributed by atoms with Crippen LogP contribution >= 0.6 is 0 Å². The number of aliphatic hydroxyl groups is 1. The van der Waals surface area contributed by atoms with Crippen molar-refractivity contribution in [3.63, 3.8) is 0 Å². The summed E-state index contributed by atoms with van der Waals surface area (Å²) in [5.41, 5.74) is 2.12. The third kappa shape index (κ3) is 8.49. The van der Waals surface area contributed by atoms with Crippen molar-refractivity contribution in [1.29, 1.82) is 0 Å². The van der Waals surface area contributed by atoms with Gasteiger partial charge in [-0.25, -0.2) is 0 Å². The van der Waals surface area contributed by atoms with Crippen molar-refractivity contribution in [1.82, 2.24) is 5.32 Å². The van der Waals surface area contributed by atoms with Crippen molar-refractivity contribution in [2.45, 2.75) is 84.1 Å². The maximum atomic E-state index is 11.2. The standard InChI is InChI=1S/C21H35NO2/c1-4-5-6-7-8-9-10-19-11-13-20(14-12-19)15-16-21(3,17-23)22-18(2)24/h11-14,23H,4-10,15-17H2,1-3H3,(H,22,24). The van der Waals surface area contributed by atoms with Crippen LogP contribution in [0.3, 0.4) is 0 Å². The number of carbonyl (C=O) groups is 1. The molecule has 0 aliphatic rings. The zero-order valence-electron chi connectivity index (χ0n) is 15.7. The lowest BCUT2D eigenvalue weighted by Gasteiger charge is -2.28. The molecule has 1 amide bonds. The molecular formula is C21H35NO2. The van der Waals surface area contributed by atoms with Crippen LogP contribution in [0.2, 0.25) is 0 Å². The fraction of sp³-hybridized carbons (Fsp3) is 0.667. The van der Waals surface area contributed by atoms with Gasteiger partial charge in [0.1, 0.15) is 0 Å². The summed E-state index contributed by atoms with van der Waals surface area (Å²) in [6.45, 7) is 5.59. The molecule has 0 fully saturated rings. The molecule has 0 spiro atoms. The summed E-state index contributed by atoms with van der Waals surface area (Å²) in [7, 11) is 0. The van der Waals surface area contributed by atoms with E-state index in [1.54, 1.807) is 0 Å². The molecular weight excluding hydrogens is 298 g/mol. The molecule has 0 heterocycles. The summed E-state index contributed by atoms with van der Waals surface area (Å²) < 4.78 is 0. The number of aryl methyl sites for hydroxylation is 2. The fourth-order valence-electron chi connectivity index (χ4n) is 3.01. The summed E-state index contributed by atoms with van der Waals surface area (Å²) in [4.78, 5) is 11.2. The zero-order valence-corrected chi connectivity index (χ0v) is 15.7. The second-order valence-corrected chi connectivity index (χ2v) is 7.23. The predicted molar refractivity (Wildman–Crippen MR) is 101 cm³/mol. The number of aliphatic hydroxyl groups excluding tert-OH is 1. The average molecular weight is 334 g/mol. The molecule has 0 aromatic heterocycles. The summed E-state index contributed by atoms with van der Waals surface area (Å²) in [6.07, 6.45) is 10.7. The van der Waals surface area contributed by atoms with Crippen LogP contribution in [0, 0.1) is 0 Å². The molecule has 0 aliphatic carbocycles. The van der Waals surface area contributed by atoms with E-state index in [0.29, 0.717) is 0 Å². The highest BCUT2D eigenvalue weighted by molar-refractivity contribution is 5.73. The Hall–Kier alpha value is -1.35. The van der Waals surface area contributed by atoms with Gasteiger partial charge in [0, 0.05) is 6.92 Å². The smallest absolute Gasteiger partial charge is 0.217 e. The van der Waals surface area contributed by atoms with E-state index < -0.39 is 5.54 Å². The van der Waals surface area contributed by atoms with E-state index in [0.717, 1.165) is 19.3 Å². The average Bonchev–Trinajstić information content (AvgIpc) is 2.56. The van der Waals surface area contributed by atoms with Crippen LogP contribution in [0.15, 0.2) is 24.3 Å². The monoisotopic (exact) mass is 333 g/mol. The van der Waals surface area contributed by atoms with Crippen molar-refractivity contribution in [3.05, 3.63) is 35.4 Å². The van der Waals surface area contributed by atoms with E-state index in [-0.39, 0.29) is 12.5 Å². The lowest BCUT2D eigenvalue weighted by atomic mass is 9.93. The normalized spacial score (nSPS) is 13.5. The summed E-state index contributed by atoms with van der Waals surface area (Å²) in [5.74, 6) is -0.0964. The molecule has 24 heavy (non-hydrogen) atoms. The zero-order chi connectivity index (χ0) is 17.8. The maximum absolute atomic E-state index is 11.2. The van der Waals surface area contributed by atoms with Crippen LogP contribution in [-0.2, 0) is 17.6 Å². The summed E-state index contributed by atoms with van der Waals surface area (Å²) >= 11 is 0. The third-order valence-corrected chi connectivity index (χ3v) is 4.63. The molecule has 1 aromatic rings. The molecule has 0 aliphatic heterocycles. The van der Waals surface area contributed by atoms with Crippen LogP contribution in [0.1, 0.15) is 76.8 Å². The van der Waals surface area contributed by atoms with Gasteiger partial charge in [-0.2, -0.15) is 0 Å². The Bertz CT molecular complexity index is 469. The first-order chi connectivity index (χ1) is 11.5. The van der Waals surface area contributed by atoms with Gasteiger partial charge in [-0.05, 0) is 43.7 Å². The molecule has 0 saturated heterocycles. The summed E-state index contributed by atoms with van der Waals surface area (Å²) in [6, 6.07) is 8.79. The Labute approximate surface area is 147 Å². The summed E-state index contributed by atoms with van der Waals surface area (Å²) in [5, 5.41) is 12.4. The Balaban J connectivity index is 2.35. The molecule has 0 bridgehead atoms. The number of rotatable bonds is 12. The van der Waals surface area contributed by atoms with Crippen molar-refractivity contribution >= 4 is 5.91 Å². The van der Waals surface area contributed by atoms with E-state index in [1.807, 2.05) is 6.92 Å². The van der Waals surface area contributed by atoms with E-state index in [2.05, 4.69) is 36.5 Å². The number of hydrogen-bond acceptors (Lipinski definition) is 2. The minimum Gasteiger partial charge on any atom is -0.394 e. The Morgan fingerprint density at radius 2 is 1.54 bits per heavy atom. The molecule has 1 aromatic carbocycles. The Kier molecular flexibility index (Phi) is 9.70. The first kappa shape index (κ1) is 20.7. The molecule has 0 radical (unpaired) electrons. The molecule has 136 valence electrons. The molecule has 2 N–H and O–H groups in total. The second-order valence-electron chi connectivity index (χ2n) is 7.23. The van der Waals surface area contributed by atoms with Crippen LogP contribution in [0.5, 0.6) is 0 Å². The topological polar surface area (TPSA) is 49.3 Å². The lowest BCUT2D eigenvalue weighted by Crippen LogP contribution is -2.48. The highest BCUT2D eigenvalue weighted by atomic mass is 16.3. The number of hydrogen-bond donors (Lipinski definition) is 2.